The first-order valence-corrected chi connectivity index (χ1v) is 7.03. The predicted octanol–water partition coefficient (Wildman–Crippen LogP) is 5.01. The van der Waals surface area contributed by atoms with E-state index in [-0.39, 0.29) is 5.69 Å². The number of aryl methyl sites for hydroxylation is 2. The number of nitrogens with one attached hydrogen (secondary N) is 1. The monoisotopic (exact) mass is 317 g/mol. The van der Waals surface area contributed by atoms with E-state index in [1.54, 1.807) is 25.1 Å². The van der Waals surface area contributed by atoms with Crippen LogP contribution in [0, 0.1) is 13.8 Å². The van der Waals surface area contributed by atoms with Crippen LogP contribution in [0.25, 0.3) is 11.0 Å². The summed E-state index contributed by atoms with van der Waals surface area (Å²) in [5, 5.41) is 3.56. The number of pyridine rings is 2. The molecule has 2 aromatic heterocycles. The number of hydrogen-bond acceptors (Lipinski definition) is 3. The van der Waals surface area contributed by atoms with Crippen LogP contribution in [-0.4, -0.2) is 9.97 Å². The Morgan fingerprint density at radius 3 is 2.30 bits per heavy atom. The average Bonchev–Trinajstić information content (AvgIpc) is 2.46. The Morgan fingerprint density at radius 2 is 1.57 bits per heavy atom. The summed E-state index contributed by atoms with van der Waals surface area (Å²) in [5.41, 5.74) is 1.85. The Labute approximate surface area is 131 Å². The molecular formula is C17H14F3N3. The van der Waals surface area contributed by atoms with Gasteiger partial charge in [0.15, 0.2) is 5.65 Å². The van der Waals surface area contributed by atoms with Gasteiger partial charge in [0.05, 0.1) is 16.9 Å². The van der Waals surface area contributed by atoms with Crippen LogP contribution in [0.3, 0.4) is 0 Å². The summed E-state index contributed by atoms with van der Waals surface area (Å²) in [6, 6.07) is 10.7. The molecule has 118 valence electrons. The lowest BCUT2D eigenvalue weighted by molar-refractivity contribution is -0.136. The second-order valence-corrected chi connectivity index (χ2v) is 5.30. The van der Waals surface area contributed by atoms with Gasteiger partial charge in [0.25, 0.3) is 0 Å². The molecule has 0 aliphatic rings. The molecule has 0 unspecified atom stereocenters. The number of fused-ring (bicyclic) bond motifs is 1. The number of aromatic nitrogens is 2. The number of rotatable bonds is 2. The molecule has 6 heteroatoms. The van der Waals surface area contributed by atoms with Crippen LogP contribution in [-0.2, 0) is 6.18 Å². The Bertz CT molecular complexity index is 867. The van der Waals surface area contributed by atoms with Crippen LogP contribution in [0.15, 0.2) is 42.5 Å². The van der Waals surface area contributed by atoms with Crippen molar-refractivity contribution in [1.82, 2.24) is 9.97 Å². The van der Waals surface area contributed by atoms with Gasteiger partial charge in [-0.1, -0.05) is 12.1 Å². The summed E-state index contributed by atoms with van der Waals surface area (Å²) in [6.07, 6.45) is -4.42. The second-order valence-electron chi connectivity index (χ2n) is 5.30. The molecule has 3 rings (SSSR count). The maximum absolute atomic E-state index is 13.1. The van der Waals surface area contributed by atoms with Crippen LogP contribution in [0.4, 0.5) is 24.5 Å². The topological polar surface area (TPSA) is 37.8 Å². The first-order chi connectivity index (χ1) is 10.8. The molecule has 0 radical (unpaired) electrons. The molecule has 2 heterocycles. The third-order valence-electron chi connectivity index (χ3n) is 3.44. The standard InChI is InChI=1S/C17H14F3N3/c1-10-7-8-12-15(9-11(2)22-16(12)21-10)23-14-6-4-3-5-13(14)17(18,19)20/h3-9H,1-2H3,(H,21,22,23). The Kier molecular flexibility index (Phi) is 3.67. The van der Waals surface area contributed by atoms with Crippen molar-refractivity contribution in [3.05, 3.63) is 59.4 Å². The zero-order valence-electron chi connectivity index (χ0n) is 12.6. The van der Waals surface area contributed by atoms with E-state index < -0.39 is 11.7 Å². The van der Waals surface area contributed by atoms with Crippen molar-refractivity contribution in [3.63, 3.8) is 0 Å². The molecule has 0 aliphatic heterocycles. The van der Waals surface area contributed by atoms with Gasteiger partial charge in [0.1, 0.15) is 0 Å². The van der Waals surface area contributed by atoms with E-state index in [1.807, 2.05) is 13.0 Å². The van der Waals surface area contributed by atoms with Gasteiger partial charge < -0.3 is 5.32 Å². The number of benzene rings is 1. The zero-order valence-corrected chi connectivity index (χ0v) is 12.6. The molecule has 3 nitrogen and oxygen atoms in total. The molecule has 0 atom stereocenters. The van der Waals surface area contributed by atoms with Crippen LogP contribution in [0.5, 0.6) is 0 Å². The lowest BCUT2D eigenvalue weighted by Crippen LogP contribution is -2.09. The number of nitrogens with zero attached hydrogens (tertiary/aromatic N) is 2. The lowest BCUT2D eigenvalue weighted by atomic mass is 10.1. The third kappa shape index (κ3) is 3.11. The predicted molar refractivity (Wildman–Crippen MR) is 83.7 cm³/mol. The summed E-state index contributed by atoms with van der Waals surface area (Å²) in [6.45, 7) is 3.62. The van der Waals surface area contributed by atoms with Gasteiger partial charge in [-0.15, -0.1) is 0 Å². The van der Waals surface area contributed by atoms with E-state index in [9.17, 15) is 13.2 Å². The summed E-state index contributed by atoms with van der Waals surface area (Å²) < 4.78 is 39.4. The zero-order chi connectivity index (χ0) is 16.6. The Hall–Kier alpha value is -2.63. The molecular weight excluding hydrogens is 303 g/mol. The minimum absolute atomic E-state index is 0.00692. The fourth-order valence-electron chi connectivity index (χ4n) is 2.41. The number of hydrogen-bond donors (Lipinski definition) is 1. The largest absolute Gasteiger partial charge is 0.418 e. The fraction of sp³-hybridized carbons (Fsp3) is 0.176. The van der Waals surface area contributed by atoms with Gasteiger partial charge in [0, 0.05) is 16.8 Å². The third-order valence-corrected chi connectivity index (χ3v) is 3.44. The Morgan fingerprint density at radius 1 is 0.870 bits per heavy atom. The number of alkyl halides is 3. The van der Waals surface area contributed by atoms with Crippen molar-refractivity contribution >= 4 is 22.4 Å². The maximum atomic E-state index is 13.1. The molecule has 3 aromatic rings. The van der Waals surface area contributed by atoms with Crippen LogP contribution in [0.1, 0.15) is 17.0 Å². The molecule has 0 saturated carbocycles. The fourth-order valence-corrected chi connectivity index (χ4v) is 2.41. The molecule has 1 aromatic carbocycles. The SMILES string of the molecule is Cc1ccc2c(Nc3ccccc3C(F)(F)F)cc(C)nc2n1. The Balaban J connectivity index is 2.13. The molecule has 0 aliphatic carbocycles. The summed E-state index contributed by atoms with van der Waals surface area (Å²) in [5.74, 6) is 0. The van der Waals surface area contributed by atoms with Gasteiger partial charge in [-0.2, -0.15) is 13.2 Å². The molecule has 23 heavy (non-hydrogen) atoms. The highest BCUT2D eigenvalue weighted by molar-refractivity contribution is 5.91. The van der Waals surface area contributed by atoms with Crippen molar-refractivity contribution in [1.29, 1.82) is 0 Å². The van der Waals surface area contributed by atoms with E-state index in [4.69, 9.17) is 0 Å². The quantitative estimate of drug-likeness (QED) is 0.722. The average molecular weight is 317 g/mol. The highest BCUT2D eigenvalue weighted by Gasteiger charge is 2.33. The van der Waals surface area contributed by atoms with Gasteiger partial charge >= 0.3 is 6.18 Å². The lowest BCUT2D eigenvalue weighted by Gasteiger charge is -2.16. The van der Waals surface area contributed by atoms with E-state index in [1.165, 1.54) is 12.1 Å². The van der Waals surface area contributed by atoms with Gasteiger partial charge in [0.2, 0.25) is 0 Å². The van der Waals surface area contributed by atoms with Gasteiger partial charge in [-0.25, -0.2) is 9.97 Å². The highest BCUT2D eigenvalue weighted by Crippen LogP contribution is 2.36. The summed E-state index contributed by atoms with van der Waals surface area (Å²) in [7, 11) is 0. The summed E-state index contributed by atoms with van der Waals surface area (Å²) >= 11 is 0. The van der Waals surface area contributed by atoms with Crippen molar-refractivity contribution in [2.45, 2.75) is 20.0 Å². The van der Waals surface area contributed by atoms with E-state index in [2.05, 4.69) is 15.3 Å². The first-order valence-electron chi connectivity index (χ1n) is 7.03. The molecule has 0 saturated heterocycles. The van der Waals surface area contributed by atoms with E-state index in [0.717, 1.165) is 11.8 Å². The number of halogens is 3. The van der Waals surface area contributed by atoms with E-state index >= 15 is 0 Å². The minimum Gasteiger partial charge on any atom is -0.354 e. The molecule has 0 fully saturated rings. The number of para-hydroxylation sites is 1. The maximum Gasteiger partial charge on any atom is 0.418 e. The molecule has 1 N–H and O–H groups in total. The van der Waals surface area contributed by atoms with Crippen molar-refractivity contribution < 1.29 is 13.2 Å². The molecule has 0 amide bonds. The molecule has 0 bridgehead atoms. The van der Waals surface area contributed by atoms with E-state index in [0.29, 0.717) is 22.4 Å². The minimum atomic E-state index is -4.42. The van der Waals surface area contributed by atoms with Crippen molar-refractivity contribution in [3.8, 4) is 0 Å². The smallest absolute Gasteiger partial charge is 0.354 e. The van der Waals surface area contributed by atoms with Crippen molar-refractivity contribution in [2.24, 2.45) is 0 Å². The summed E-state index contributed by atoms with van der Waals surface area (Å²) in [4.78, 5) is 8.67. The van der Waals surface area contributed by atoms with Crippen LogP contribution >= 0.6 is 0 Å². The first kappa shape index (κ1) is 15.3. The second kappa shape index (κ2) is 5.53. The van der Waals surface area contributed by atoms with Crippen molar-refractivity contribution in [2.75, 3.05) is 5.32 Å². The van der Waals surface area contributed by atoms with Crippen LogP contribution in [0.2, 0.25) is 0 Å². The van der Waals surface area contributed by atoms with Gasteiger partial charge in [-0.3, -0.25) is 0 Å². The number of anilines is 2. The normalized spacial score (nSPS) is 11.7. The van der Waals surface area contributed by atoms with Gasteiger partial charge in [-0.05, 0) is 44.2 Å². The van der Waals surface area contributed by atoms with Crippen LogP contribution < -0.4 is 5.32 Å². The highest BCUT2D eigenvalue weighted by atomic mass is 19.4. The molecule has 0 spiro atoms.